The van der Waals surface area contributed by atoms with Crippen LogP contribution in [0.3, 0.4) is 0 Å². The van der Waals surface area contributed by atoms with Gasteiger partial charge in [0.25, 0.3) is 5.56 Å². The monoisotopic (exact) mass is 282 g/mol. The average molecular weight is 282 g/mol. The van der Waals surface area contributed by atoms with Crippen LogP contribution in [0.15, 0.2) is 46.4 Å². The van der Waals surface area contributed by atoms with Gasteiger partial charge in [0.15, 0.2) is 0 Å². The van der Waals surface area contributed by atoms with Crippen molar-refractivity contribution in [1.29, 1.82) is 0 Å². The van der Waals surface area contributed by atoms with Crippen molar-refractivity contribution in [3.63, 3.8) is 0 Å². The molecule has 1 aromatic heterocycles. The van der Waals surface area contributed by atoms with Gasteiger partial charge in [0.1, 0.15) is 0 Å². The zero-order chi connectivity index (χ0) is 14.6. The number of hydrogen-bond donors (Lipinski definition) is 2. The molecular formula is C12H9F3N4O. The number of aromatic nitrogens is 2. The molecule has 0 unspecified atom stereocenters. The molecule has 0 radical (unpaired) electrons. The molecule has 2 rings (SSSR count). The molecule has 0 saturated heterocycles. The van der Waals surface area contributed by atoms with Crippen LogP contribution in [0.5, 0.6) is 0 Å². The largest absolute Gasteiger partial charge is 0.417 e. The molecular weight excluding hydrogens is 273 g/mol. The molecule has 104 valence electrons. The quantitative estimate of drug-likeness (QED) is 0.670. The van der Waals surface area contributed by atoms with Crippen molar-refractivity contribution in [2.75, 3.05) is 5.43 Å². The van der Waals surface area contributed by atoms with E-state index < -0.39 is 17.3 Å². The van der Waals surface area contributed by atoms with Gasteiger partial charge in [-0.05, 0) is 6.07 Å². The molecule has 0 saturated carbocycles. The summed E-state index contributed by atoms with van der Waals surface area (Å²) in [6.07, 6.45) is -2.20. The van der Waals surface area contributed by atoms with Gasteiger partial charge in [-0.25, -0.2) is 10.4 Å². The molecule has 8 heteroatoms. The first-order valence-electron chi connectivity index (χ1n) is 5.47. The van der Waals surface area contributed by atoms with E-state index in [-0.39, 0.29) is 11.5 Å². The van der Waals surface area contributed by atoms with E-state index in [0.29, 0.717) is 0 Å². The number of hydrogen-bond acceptors (Lipinski definition) is 4. The van der Waals surface area contributed by atoms with Gasteiger partial charge in [-0.2, -0.15) is 18.3 Å². The van der Waals surface area contributed by atoms with Gasteiger partial charge >= 0.3 is 6.18 Å². The van der Waals surface area contributed by atoms with Crippen LogP contribution in [-0.4, -0.2) is 16.2 Å². The van der Waals surface area contributed by atoms with Crippen LogP contribution in [0, 0.1) is 0 Å². The Labute approximate surface area is 111 Å². The molecule has 0 bridgehead atoms. The molecule has 0 atom stereocenters. The zero-order valence-corrected chi connectivity index (χ0v) is 9.98. The van der Waals surface area contributed by atoms with Crippen LogP contribution >= 0.6 is 0 Å². The number of benzene rings is 1. The summed E-state index contributed by atoms with van der Waals surface area (Å²) < 4.78 is 38.1. The lowest BCUT2D eigenvalue weighted by Gasteiger charge is -2.09. The third-order valence-corrected chi connectivity index (χ3v) is 2.31. The highest BCUT2D eigenvalue weighted by molar-refractivity contribution is 5.82. The molecule has 0 spiro atoms. The number of anilines is 1. The lowest BCUT2D eigenvalue weighted by molar-refractivity contribution is -0.137. The fourth-order valence-electron chi connectivity index (χ4n) is 1.46. The van der Waals surface area contributed by atoms with Gasteiger partial charge in [0, 0.05) is 17.8 Å². The molecule has 20 heavy (non-hydrogen) atoms. The maximum Gasteiger partial charge on any atom is 0.417 e. The minimum atomic E-state index is -4.46. The smallest absolute Gasteiger partial charge is 0.291 e. The molecule has 1 aromatic carbocycles. The Bertz CT molecular complexity index is 679. The highest BCUT2D eigenvalue weighted by Gasteiger charge is 2.32. The Morgan fingerprint density at radius 2 is 2.00 bits per heavy atom. The molecule has 2 aromatic rings. The Kier molecular flexibility index (Phi) is 3.83. The second kappa shape index (κ2) is 5.55. The van der Waals surface area contributed by atoms with Crippen molar-refractivity contribution in [2.24, 2.45) is 5.10 Å². The van der Waals surface area contributed by atoms with E-state index in [1.165, 1.54) is 30.5 Å². The Hall–Kier alpha value is -2.64. The first-order valence-corrected chi connectivity index (χ1v) is 5.47. The number of hydrazone groups is 1. The standard InChI is InChI=1S/C12H9F3N4O/c13-12(14,15)9-4-2-1-3-8(9)7-17-19-11-16-6-5-10(20)18-11/h1-7H,(H2,16,18,19,20)/b17-7-. The predicted octanol–water partition coefficient (Wildman–Crippen LogP) is 2.23. The fraction of sp³-hybridized carbons (Fsp3) is 0.0833. The maximum atomic E-state index is 12.7. The Morgan fingerprint density at radius 1 is 1.25 bits per heavy atom. The van der Waals surface area contributed by atoms with Crippen molar-refractivity contribution in [3.8, 4) is 0 Å². The number of H-pyrrole nitrogens is 1. The van der Waals surface area contributed by atoms with E-state index in [2.05, 4.69) is 20.5 Å². The summed E-state index contributed by atoms with van der Waals surface area (Å²) in [5.74, 6) is 0.0400. The summed E-state index contributed by atoms with van der Waals surface area (Å²) >= 11 is 0. The minimum Gasteiger partial charge on any atom is -0.291 e. The van der Waals surface area contributed by atoms with Gasteiger partial charge in [-0.1, -0.05) is 18.2 Å². The maximum absolute atomic E-state index is 12.7. The van der Waals surface area contributed by atoms with E-state index in [4.69, 9.17) is 0 Å². The van der Waals surface area contributed by atoms with Crippen LogP contribution in [0.1, 0.15) is 11.1 Å². The van der Waals surface area contributed by atoms with Crippen molar-refractivity contribution in [1.82, 2.24) is 9.97 Å². The second-order valence-corrected chi connectivity index (χ2v) is 3.74. The first kappa shape index (κ1) is 13.8. The van der Waals surface area contributed by atoms with Gasteiger partial charge in [-0.15, -0.1) is 0 Å². The number of aromatic amines is 1. The second-order valence-electron chi connectivity index (χ2n) is 3.74. The molecule has 0 aliphatic heterocycles. The van der Waals surface area contributed by atoms with Crippen LogP contribution in [0.4, 0.5) is 19.1 Å². The third kappa shape index (κ3) is 3.44. The molecule has 0 fully saturated rings. The highest BCUT2D eigenvalue weighted by Crippen LogP contribution is 2.30. The van der Waals surface area contributed by atoms with Gasteiger partial charge in [0.05, 0.1) is 11.8 Å². The van der Waals surface area contributed by atoms with Crippen LogP contribution in [0.2, 0.25) is 0 Å². The molecule has 2 N–H and O–H groups in total. The summed E-state index contributed by atoms with van der Waals surface area (Å²) in [5.41, 5.74) is 1.07. The van der Waals surface area contributed by atoms with Gasteiger partial charge in [-0.3, -0.25) is 9.78 Å². The summed E-state index contributed by atoms with van der Waals surface area (Å²) in [6.45, 7) is 0. The molecule has 0 aliphatic rings. The first-order chi connectivity index (χ1) is 9.47. The minimum absolute atomic E-state index is 0.0400. The third-order valence-electron chi connectivity index (χ3n) is 2.31. The van der Waals surface area contributed by atoms with Crippen molar-refractivity contribution in [2.45, 2.75) is 6.18 Å². The summed E-state index contributed by atoms with van der Waals surface area (Å²) in [6, 6.07) is 6.22. The molecule has 5 nitrogen and oxygen atoms in total. The number of halogens is 3. The van der Waals surface area contributed by atoms with Gasteiger partial charge in [0.2, 0.25) is 5.95 Å². The summed E-state index contributed by atoms with van der Waals surface area (Å²) in [7, 11) is 0. The van der Waals surface area contributed by atoms with Crippen molar-refractivity contribution < 1.29 is 13.2 Å². The fourth-order valence-corrected chi connectivity index (χ4v) is 1.46. The van der Waals surface area contributed by atoms with Crippen LogP contribution in [0.25, 0.3) is 0 Å². The van der Waals surface area contributed by atoms with Crippen LogP contribution < -0.4 is 11.0 Å². The lowest BCUT2D eigenvalue weighted by atomic mass is 10.1. The topological polar surface area (TPSA) is 70.1 Å². The zero-order valence-electron chi connectivity index (χ0n) is 9.98. The normalized spacial score (nSPS) is 11.8. The van der Waals surface area contributed by atoms with E-state index in [1.807, 2.05) is 0 Å². The summed E-state index contributed by atoms with van der Waals surface area (Å²) in [4.78, 5) is 17.0. The van der Waals surface area contributed by atoms with E-state index >= 15 is 0 Å². The average Bonchev–Trinajstić information content (AvgIpc) is 2.38. The van der Waals surface area contributed by atoms with E-state index in [1.54, 1.807) is 0 Å². The predicted molar refractivity (Wildman–Crippen MR) is 67.5 cm³/mol. The van der Waals surface area contributed by atoms with Gasteiger partial charge < -0.3 is 0 Å². The van der Waals surface area contributed by atoms with E-state index in [0.717, 1.165) is 12.3 Å². The number of rotatable bonds is 3. The molecule has 0 amide bonds. The van der Waals surface area contributed by atoms with Crippen molar-refractivity contribution in [3.05, 3.63) is 58.0 Å². The molecule has 1 heterocycles. The Morgan fingerprint density at radius 3 is 2.70 bits per heavy atom. The number of nitrogens with one attached hydrogen (secondary N) is 2. The van der Waals surface area contributed by atoms with E-state index in [9.17, 15) is 18.0 Å². The summed E-state index contributed by atoms with van der Waals surface area (Å²) in [5, 5.41) is 3.62. The lowest BCUT2D eigenvalue weighted by Crippen LogP contribution is -2.10. The SMILES string of the molecule is O=c1ccnc(N/N=C\c2ccccc2C(F)(F)F)[nH]1. The van der Waals surface area contributed by atoms with Crippen LogP contribution in [-0.2, 0) is 6.18 Å². The number of nitrogens with zero attached hydrogens (tertiary/aromatic N) is 2. The van der Waals surface area contributed by atoms with Crippen molar-refractivity contribution >= 4 is 12.2 Å². The number of alkyl halides is 3. The Balaban J connectivity index is 2.18. The highest BCUT2D eigenvalue weighted by atomic mass is 19.4. The molecule has 0 aliphatic carbocycles.